The minimum atomic E-state index is -0.343. The Labute approximate surface area is 126 Å². The van der Waals surface area contributed by atoms with Gasteiger partial charge in [-0.2, -0.15) is 0 Å². The highest BCUT2D eigenvalue weighted by molar-refractivity contribution is 5.83. The fourth-order valence-electron chi connectivity index (χ4n) is 1.61. The molecule has 112 valence electrons. The normalized spacial score (nSPS) is 12.7. The third-order valence-corrected chi connectivity index (χ3v) is 2.73. The quantitative estimate of drug-likeness (QED) is 0.434. The molecule has 0 aliphatic rings. The number of methoxy groups -OCH3 is 1. The summed E-state index contributed by atoms with van der Waals surface area (Å²) in [6, 6.07) is 10.1. The van der Waals surface area contributed by atoms with Gasteiger partial charge in [0.1, 0.15) is 0 Å². The second-order valence-corrected chi connectivity index (χ2v) is 4.76. The number of hydrogen-bond acceptors (Lipinski definition) is 3. The number of hydrogen-bond donors (Lipinski definition) is 0. The van der Waals surface area contributed by atoms with Gasteiger partial charge in [-0.1, -0.05) is 48.6 Å². The summed E-state index contributed by atoms with van der Waals surface area (Å²) >= 11 is 0. The lowest BCUT2D eigenvalue weighted by Crippen LogP contribution is -1.96. The van der Waals surface area contributed by atoms with E-state index in [0.29, 0.717) is 13.2 Å². The maximum absolute atomic E-state index is 11.0. The number of esters is 1. The zero-order valence-electron chi connectivity index (χ0n) is 12.8. The molecular formula is C18H22O3. The lowest BCUT2D eigenvalue weighted by molar-refractivity contribution is -0.134. The smallest absolute Gasteiger partial charge is 0.330 e. The summed E-state index contributed by atoms with van der Waals surface area (Å²) in [6.07, 6.45) is 7.18. The van der Waals surface area contributed by atoms with Crippen LogP contribution in [0, 0.1) is 0 Å². The summed E-state index contributed by atoms with van der Waals surface area (Å²) in [5, 5.41) is 0. The van der Waals surface area contributed by atoms with Crippen LogP contribution in [0.2, 0.25) is 0 Å². The summed E-state index contributed by atoms with van der Waals surface area (Å²) in [6.45, 7) is 5.05. The maximum Gasteiger partial charge on any atom is 0.330 e. The number of carbonyl (C=O) groups excluding carboxylic acids is 1. The van der Waals surface area contributed by atoms with Crippen molar-refractivity contribution in [1.29, 1.82) is 0 Å². The lowest BCUT2D eigenvalue weighted by Gasteiger charge is -2.04. The van der Waals surface area contributed by atoms with Gasteiger partial charge in [-0.25, -0.2) is 4.79 Å². The topological polar surface area (TPSA) is 35.5 Å². The molecule has 0 aliphatic heterocycles. The van der Waals surface area contributed by atoms with Crippen molar-refractivity contribution >= 4 is 5.97 Å². The van der Waals surface area contributed by atoms with Crippen LogP contribution >= 0.6 is 0 Å². The van der Waals surface area contributed by atoms with Crippen LogP contribution in [0.25, 0.3) is 0 Å². The minimum absolute atomic E-state index is 0.343. The molecule has 0 saturated carbocycles. The van der Waals surface area contributed by atoms with Crippen molar-refractivity contribution in [2.45, 2.75) is 20.5 Å². The van der Waals surface area contributed by atoms with Crippen molar-refractivity contribution in [3.05, 3.63) is 71.3 Å². The van der Waals surface area contributed by atoms with Gasteiger partial charge in [0.25, 0.3) is 0 Å². The second-order valence-electron chi connectivity index (χ2n) is 4.76. The largest absolute Gasteiger partial charge is 0.466 e. The minimum Gasteiger partial charge on any atom is -0.466 e. The van der Waals surface area contributed by atoms with Gasteiger partial charge in [-0.15, -0.1) is 0 Å². The van der Waals surface area contributed by atoms with Crippen LogP contribution < -0.4 is 0 Å². The molecule has 1 aromatic rings. The molecule has 0 aliphatic carbocycles. The molecule has 0 unspecified atom stereocenters. The summed E-state index contributed by atoms with van der Waals surface area (Å²) in [5.41, 5.74) is 3.13. The Morgan fingerprint density at radius 3 is 2.57 bits per heavy atom. The fourth-order valence-corrected chi connectivity index (χ4v) is 1.61. The maximum atomic E-state index is 11.0. The highest BCUT2D eigenvalue weighted by Gasteiger charge is 1.94. The summed E-state index contributed by atoms with van der Waals surface area (Å²) < 4.78 is 10.2. The van der Waals surface area contributed by atoms with Gasteiger partial charge >= 0.3 is 5.97 Å². The average Bonchev–Trinajstić information content (AvgIpc) is 2.48. The molecule has 1 aromatic carbocycles. The van der Waals surface area contributed by atoms with Crippen molar-refractivity contribution < 1.29 is 14.3 Å². The molecule has 0 fully saturated rings. The summed E-state index contributed by atoms with van der Waals surface area (Å²) in [4.78, 5) is 11.0. The van der Waals surface area contributed by atoms with E-state index in [2.05, 4.69) is 4.74 Å². The Hall–Kier alpha value is -2.13. The number of rotatable bonds is 7. The van der Waals surface area contributed by atoms with Crippen molar-refractivity contribution in [2.24, 2.45) is 0 Å². The molecule has 1 rings (SSSR count). The Balaban J connectivity index is 2.36. The van der Waals surface area contributed by atoms with E-state index in [1.165, 1.54) is 13.2 Å². The molecular weight excluding hydrogens is 264 g/mol. The van der Waals surface area contributed by atoms with Crippen molar-refractivity contribution in [3.8, 4) is 0 Å². The van der Waals surface area contributed by atoms with Crippen molar-refractivity contribution in [2.75, 3.05) is 13.7 Å². The van der Waals surface area contributed by atoms with E-state index in [0.717, 1.165) is 16.7 Å². The zero-order valence-corrected chi connectivity index (χ0v) is 12.8. The lowest BCUT2D eigenvalue weighted by atomic mass is 10.2. The summed E-state index contributed by atoms with van der Waals surface area (Å²) in [5.74, 6) is -0.343. The monoisotopic (exact) mass is 286 g/mol. The zero-order chi connectivity index (χ0) is 15.5. The highest BCUT2D eigenvalue weighted by atomic mass is 16.5. The van der Waals surface area contributed by atoms with Gasteiger partial charge in [-0.05, 0) is 30.6 Å². The average molecular weight is 286 g/mol. The molecule has 0 atom stereocenters. The molecule has 0 N–H and O–H groups in total. The Kier molecular flexibility index (Phi) is 7.84. The molecule has 3 nitrogen and oxygen atoms in total. The SMILES string of the molecule is COC(=O)C=C(C)C=CC=C(C)COCc1ccccc1. The van der Waals surface area contributed by atoms with E-state index in [9.17, 15) is 4.79 Å². The van der Waals surface area contributed by atoms with E-state index in [1.807, 2.05) is 62.4 Å². The summed E-state index contributed by atoms with van der Waals surface area (Å²) in [7, 11) is 1.37. The van der Waals surface area contributed by atoms with Crippen molar-refractivity contribution in [1.82, 2.24) is 0 Å². The van der Waals surface area contributed by atoms with Gasteiger partial charge in [0.15, 0.2) is 0 Å². The van der Waals surface area contributed by atoms with Crippen molar-refractivity contribution in [3.63, 3.8) is 0 Å². The fraction of sp³-hybridized carbons (Fsp3) is 0.278. The van der Waals surface area contributed by atoms with Crippen LogP contribution in [0.1, 0.15) is 19.4 Å². The number of allylic oxidation sites excluding steroid dienone is 4. The van der Waals surface area contributed by atoms with E-state index in [-0.39, 0.29) is 5.97 Å². The molecule has 0 aromatic heterocycles. The first-order chi connectivity index (χ1) is 10.1. The van der Waals surface area contributed by atoms with Crippen LogP contribution in [0.3, 0.4) is 0 Å². The van der Waals surface area contributed by atoms with E-state index in [4.69, 9.17) is 4.74 Å². The molecule has 0 saturated heterocycles. The number of benzene rings is 1. The molecule has 21 heavy (non-hydrogen) atoms. The molecule has 0 heterocycles. The first-order valence-electron chi connectivity index (χ1n) is 6.83. The number of ether oxygens (including phenoxy) is 2. The Morgan fingerprint density at radius 1 is 1.19 bits per heavy atom. The molecule has 3 heteroatoms. The van der Waals surface area contributed by atoms with Gasteiger partial charge < -0.3 is 9.47 Å². The predicted octanol–water partition coefficient (Wildman–Crippen LogP) is 3.83. The van der Waals surface area contributed by atoms with Crippen LogP contribution in [0.15, 0.2) is 65.8 Å². The molecule has 0 spiro atoms. The van der Waals surface area contributed by atoms with Gasteiger partial charge in [-0.3, -0.25) is 0 Å². The Bertz CT molecular complexity index is 525. The third kappa shape index (κ3) is 7.90. The first kappa shape index (κ1) is 16.9. The van der Waals surface area contributed by atoms with E-state index < -0.39 is 0 Å². The second kappa shape index (κ2) is 9.72. The highest BCUT2D eigenvalue weighted by Crippen LogP contribution is 2.03. The van der Waals surface area contributed by atoms with Crippen LogP contribution in [-0.2, 0) is 20.9 Å². The van der Waals surface area contributed by atoms with Crippen LogP contribution in [-0.4, -0.2) is 19.7 Å². The molecule has 0 bridgehead atoms. The van der Waals surface area contributed by atoms with E-state index >= 15 is 0 Å². The molecule has 0 amide bonds. The Morgan fingerprint density at radius 2 is 1.90 bits per heavy atom. The first-order valence-corrected chi connectivity index (χ1v) is 6.83. The van der Waals surface area contributed by atoms with Crippen LogP contribution in [0.5, 0.6) is 0 Å². The van der Waals surface area contributed by atoms with Gasteiger partial charge in [0.05, 0.1) is 20.3 Å². The van der Waals surface area contributed by atoms with E-state index in [1.54, 1.807) is 0 Å². The third-order valence-electron chi connectivity index (χ3n) is 2.73. The standard InChI is InChI=1S/C18H22O3/c1-15(12-18(19)20-3)8-7-9-16(2)13-21-14-17-10-5-4-6-11-17/h4-12H,13-14H2,1-3H3. The molecule has 0 radical (unpaired) electrons. The number of carbonyl (C=O) groups is 1. The predicted molar refractivity (Wildman–Crippen MR) is 84.8 cm³/mol. The van der Waals surface area contributed by atoms with Crippen LogP contribution in [0.4, 0.5) is 0 Å². The van der Waals surface area contributed by atoms with Gasteiger partial charge in [0, 0.05) is 6.08 Å². The van der Waals surface area contributed by atoms with Gasteiger partial charge in [0.2, 0.25) is 0 Å².